The predicted octanol–water partition coefficient (Wildman–Crippen LogP) is 4.99. The summed E-state index contributed by atoms with van der Waals surface area (Å²) in [7, 11) is 0. The molecule has 1 nitrogen and oxygen atoms in total. The highest BCUT2D eigenvalue weighted by molar-refractivity contribution is 4.88. The molecule has 112 valence electrons. The first kappa shape index (κ1) is 15.4. The van der Waals surface area contributed by atoms with Gasteiger partial charge in [0.2, 0.25) is 0 Å². The highest BCUT2D eigenvalue weighted by Gasteiger charge is 2.33. The van der Waals surface area contributed by atoms with Crippen molar-refractivity contribution in [2.24, 2.45) is 35.3 Å². The molecule has 0 aromatic rings. The van der Waals surface area contributed by atoms with Gasteiger partial charge in [-0.05, 0) is 55.3 Å². The Morgan fingerprint density at radius 2 is 1.53 bits per heavy atom. The van der Waals surface area contributed by atoms with Gasteiger partial charge in [0.25, 0.3) is 0 Å². The van der Waals surface area contributed by atoms with Crippen molar-refractivity contribution < 1.29 is 0 Å². The van der Waals surface area contributed by atoms with E-state index >= 15 is 0 Å². The van der Waals surface area contributed by atoms with Crippen molar-refractivity contribution in [1.29, 1.82) is 0 Å². The van der Waals surface area contributed by atoms with Gasteiger partial charge in [0.05, 0.1) is 0 Å². The second kappa shape index (κ2) is 7.11. The van der Waals surface area contributed by atoms with E-state index in [2.05, 4.69) is 20.8 Å². The first-order chi connectivity index (χ1) is 9.11. The molecular weight excluding hydrogens is 230 g/mol. The monoisotopic (exact) mass is 265 g/mol. The molecule has 1 heteroatoms. The highest BCUT2D eigenvalue weighted by Crippen LogP contribution is 2.40. The number of nitrogens with two attached hydrogens (primary N) is 1. The van der Waals surface area contributed by atoms with Crippen LogP contribution < -0.4 is 5.73 Å². The average Bonchev–Trinajstić information content (AvgIpc) is 2.42. The quantitative estimate of drug-likeness (QED) is 0.761. The summed E-state index contributed by atoms with van der Waals surface area (Å²) in [5.74, 6) is 4.47. The smallest absolute Gasteiger partial charge is 0.00957 e. The maximum atomic E-state index is 6.65. The average molecular weight is 265 g/mol. The third-order valence-corrected chi connectivity index (χ3v) is 6.32. The molecule has 0 bridgehead atoms. The van der Waals surface area contributed by atoms with Crippen LogP contribution in [0.3, 0.4) is 0 Å². The lowest BCUT2D eigenvalue weighted by atomic mass is 9.68. The van der Waals surface area contributed by atoms with Crippen LogP contribution in [-0.4, -0.2) is 6.04 Å². The van der Waals surface area contributed by atoms with E-state index in [0.717, 1.165) is 29.6 Å². The molecule has 0 spiro atoms. The van der Waals surface area contributed by atoms with Crippen LogP contribution in [0.1, 0.15) is 78.6 Å². The van der Waals surface area contributed by atoms with Gasteiger partial charge in [-0.25, -0.2) is 0 Å². The van der Waals surface area contributed by atoms with Crippen LogP contribution in [0.2, 0.25) is 0 Å². The molecule has 4 unspecified atom stereocenters. The fourth-order valence-electron chi connectivity index (χ4n) is 4.59. The fourth-order valence-corrected chi connectivity index (χ4v) is 4.59. The van der Waals surface area contributed by atoms with Crippen LogP contribution in [0.15, 0.2) is 0 Å². The molecule has 0 aromatic carbocycles. The molecule has 0 aromatic heterocycles. The van der Waals surface area contributed by atoms with E-state index < -0.39 is 0 Å². The molecule has 0 saturated heterocycles. The van der Waals surface area contributed by atoms with Gasteiger partial charge in [-0.2, -0.15) is 0 Å². The topological polar surface area (TPSA) is 26.0 Å². The zero-order valence-electron chi connectivity index (χ0n) is 13.4. The second-order valence-electron chi connectivity index (χ2n) is 7.67. The lowest BCUT2D eigenvalue weighted by molar-refractivity contribution is 0.133. The van der Waals surface area contributed by atoms with E-state index in [1.54, 1.807) is 0 Å². The van der Waals surface area contributed by atoms with Crippen molar-refractivity contribution in [2.45, 2.75) is 84.6 Å². The van der Waals surface area contributed by atoms with Crippen molar-refractivity contribution in [3.63, 3.8) is 0 Å². The lowest BCUT2D eigenvalue weighted by Crippen LogP contribution is -2.42. The van der Waals surface area contributed by atoms with Gasteiger partial charge in [0, 0.05) is 6.04 Å². The molecular formula is C18H35N. The highest BCUT2D eigenvalue weighted by atomic mass is 14.7. The van der Waals surface area contributed by atoms with Gasteiger partial charge < -0.3 is 5.73 Å². The van der Waals surface area contributed by atoms with Crippen molar-refractivity contribution in [3.05, 3.63) is 0 Å². The summed E-state index contributed by atoms with van der Waals surface area (Å²) in [5.41, 5.74) is 6.65. The van der Waals surface area contributed by atoms with Crippen molar-refractivity contribution in [3.8, 4) is 0 Å². The van der Waals surface area contributed by atoms with E-state index in [1.165, 1.54) is 57.8 Å². The van der Waals surface area contributed by atoms with Crippen molar-refractivity contribution >= 4 is 0 Å². The van der Waals surface area contributed by atoms with E-state index in [-0.39, 0.29) is 0 Å². The number of rotatable bonds is 4. The normalized spacial score (nSPS) is 42.0. The lowest BCUT2D eigenvalue weighted by Gasteiger charge is -2.40. The SMILES string of the molecule is CCCC1CCC(C(N)C2CCC(C)C(C)C2)CC1. The summed E-state index contributed by atoms with van der Waals surface area (Å²) in [6.45, 7) is 7.17. The molecule has 0 amide bonds. The molecule has 0 aliphatic heterocycles. The molecule has 2 fully saturated rings. The molecule has 2 N–H and O–H groups in total. The van der Waals surface area contributed by atoms with E-state index in [4.69, 9.17) is 5.73 Å². The van der Waals surface area contributed by atoms with Gasteiger partial charge in [-0.1, -0.05) is 52.9 Å². The van der Waals surface area contributed by atoms with Crippen LogP contribution in [0.25, 0.3) is 0 Å². The molecule has 0 heterocycles. The molecule has 4 atom stereocenters. The maximum absolute atomic E-state index is 6.65. The molecule has 0 radical (unpaired) electrons. The summed E-state index contributed by atoms with van der Waals surface area (Å²) in [6, 6.07) is 0.498. The van der Waals surface area contributed by atoms with Gasteiger partial charge in [-0.3, -0.25) is 0 Å². The van der Waals surface area contributed by atoms with Gasteiger partial charge in [-0.15, -0.1) is 0 Å². The molecule has 2 aliphatic rings. The minimum absolute atomic E-state index is 0.498. The first-order valence-electron chi connectivity index (χ1n) is 8.87. The molecule has 2 rings (SSSR count). The molecule has 19 heavy (non-hydrogen) atoms. The predicted molar refractivity (Wildman–Crippen MR) is 84.0 cm³/mol. The Morgan fingerprint density at radius 3 is 2.11 bits per heavy atom. The van der Waals surface area contributed by atoms with Gasteiger partial charge in [0.15, 0.2) is 0 Å². The van der Waals surface area contributed by atoms with Gasteiger partial charge >= 0.3 is 0 Å². The third-order valence-electron chi connectivity index (χ3n) is 6.32. The Labute approximate surface area is 120 Å². The minimum Gasteiger partial charge on any atom is -0.327 e. The summed E-state index contributed by atoms with van der Waals surface area (Å²) in [4.78, 5) is 0. The zero-order chi connectivity index (χ0) is 13.8. The zero-order valence-corrected chi connectivity index (χ0v) is 13.4. The summed E-state index contributed by atoms with van der Waals surface area (Å²) >= 11 is 0. The van der Waals surface area contributed by atoms with E-state index in [9.17, 15) is 0 Å². The van der Waals surface area contributed by atoms with Crippen LogP contribution in [0, 0.1) is 29.6 Å². The Balaban J connectivity index is 1.79. The maximum Gasteiger partial charge on any atom is 0.00957 e. The Morgan fingerprint density at radius 1 is 0.895 bits per heavy atom. The first-order valence-corrected chi connectivity index (χ1v) is 8.87. The van der Waals surface area contributed by atoms with Crippen LogP contribution >= 0.6 is 0 Å². The standard InChI is InChI=1S/C18H35N/c1-4-5-15-7-10-16(11-8-15)18(19)17-9-6-13(2)14(3)12-17/h13-18H,4-12,19H2,1-3H3. The van der Waals surface area contributed by atoms with Crippen LogP contribution in [0.4, 0.5) is 0 Å². The Hall–Kier alpha value is -0.0400. The minimum atomic E-state index is 0.498. The van der Waals surface area contributed by atoms with E-state index in [1.807, 2.05) is 0 Å². The van der Waals surface area contributed by atoms with E-state index in [0.29, 0.717) is 6.04 Å². The summed E-state index contributed by atoms with van der Waals surface area (Å²) in [5, 5.41) is 0. The Bertz CT molecular complexity index is 254. The molecule has 2 saturated carbocycles. The van der Waals surface area contributed by atoms with Crippen LogP contribution in [0.5, 0.6) is 0 Å². The second-order valence-corrected chi connectivity index (χ2v) is 7.67. The van der Waals surface area contributed by atoms with Crippen molar-refractivity contribution in [2.75, 3.05) is 0 Å². The summed E-state index contributed by atoms with van der Waals surface area (Å²) in [6.07, 6.45) is 12.7. The van der Waals surface area contributed by atoms with Crippen LogP contribution in [-0.2, 0) is 0 Å². The Kier molecular flexibility index (Phi) is 5.74. The van der Waals surface area contributed by atoms with Gasteiger partial charge in [0.1, 0.15) is 0 Å². The fraction of sp³-hybridized carbons (Fsp3) is 1.00. The molecule has 2 aliphatic carbocycles. The summed E-state index contributed by atoms with van der Waals surface area (Å²) < 4.78 is 0. The third kappa shape index (κ3) is 3.97. The largest absolute Gasteiger partial charge is 0.327 e. The number of hydrogen-bond donors (Lipinski definition) is 1. The number of hydrogen-bond acceptors (Lipinski definition) is 1. The van der Waals surface area contributed by atoms with Crippen molar-refractivity contribution in [1.82, 2.24) is 0 Å².